The van der Waals surface area contributed by atoms with Gasteiger partial charge in [0.15, 0.2) is 5.11 Å². The van der Waals surface area contributed by atoms with Crippen LogP contribution in [0.15, 0.2) is 17.4 Å². The summed E-state index contributed by atoms with van der Waals surface area (Å²) in [5.74, 6) is 0.801. The molecule has 8 heteroatoms. The SMILES string of the molecule is Cc1ccnc2c1OCC/C2=N/NC(=S)N1CCN(CCF)CC1. The molecule has 130 valence electrons. The molecule has 0 radical (unpaired) electrons. The van der Waals surface area contributed by atoms with E-state index in [1.54, 1.807) is 6.20 Å². The van der Waals surface area contributed by atoms with E-state index in [0.29, 0.717) is 24.7 Å². The third-order valence-electron chi connectivity index (χ3n) is 4.31. The van der Waals surface area contributed by atoms with Crippen LogP contribution in [0.25, 0.3) is 0 Å². The lowest BCUT2D eigenvalue weighted by Gasteiger charge is -2.35. The number of aromatic nitrogens is 1. The summed E-state index contributed by atoms with van der Waals surface area (Å²) in [6.07, 6.45) is 2.46. The summed E-state index contributed by atoms with van der Waals surface area (Å²) in [6.45, 7) is 6.00. The molecular weight excluding hydrogens is 329 g/mol. The summed E-state index contributed by atoms with van der Waals surface area (Å²) < 4.78 is 18.1. The summed E-state index contributed by atoms with van der Waals surface area (Å²) >= 11 is 5.43. The molecule has 3 rings (SSSR count). The van der Waals surface area contributed by atoms with E-state index in [2.05, 4.69) is 25.3 Å². The summed E-state index contributed by atoms with van der Waals surface area (Å²) in [5.41, 5.74) is 5.68. The molecule has 0 bridgehead atoms. The van der Waals surface area contributed by atoms with E-state index in [0.717, 1.165) is 48.9 Å². The van der Waals surface area contributed by atoms with E-state index < -0.39 is 0 Å². The number of nitrogens with zero attached hydrogens (tertiary/aromatic N) is 4. The molecule has 1 aromatic heterocycles. The van der Waals surface area contributed by atoms with Gasteiger partial charge in [0.2, 0.25) is 0 Å². The molecule has 24 heavy (non-hydrogen) atoms. The predicted octanol–water partition coefficient (Wildman–Crippen LogP) is 1.34. The van der Waals surface area contributed by atoms with Gasteiger partial charge in [-0.15, -0.1) is 0 Å². The van der Waals surface area contributed by atoms with Gasteiger partial charge in [-0.05, 0) is 30.8 Å². The highest BCUT2D eigenvalue weighted by atomic mass is 32.1. The van der Waals surface area contributed by atoms with Crippen LogP contribution in [0, 0.1) is 6.92 Å². The topological polar surface area (TPSA) is 53.0 Å². The fourth-order valence-electron chi connectivity index (χ4n) is 2.89. The molecule has 0 spiro atoms. The number of hydrogen-bond acceptors (Lipinski definition) is 5. The zero-order valence-electron chi connectivity index (χ0n) is 13.8. The molecule has 0 atom stereocenters. The highest BCUT2D eigenvalue weighted by molar-refractivity contribution is 7.80. The molecule has 0 aliphatic carbocycles. The van der Waals surface area contributed by atoms with Gasteiger partial charge in [0.1, 0.15) is 18.1 Å². The van der Waals surface area contributed by atoms with Crippen molar-refractivity contribution < 1.29 is 9.13 Å². The summed E-state index contributed by atoms with van der Waals surface area (Å²) in [5, 5.41) is 5.06. The Morgan fingerprint density at radius 1 is 1.42 bits per heavy atom. The Labute approximate surface area is 146 Å². The Morgan fingerprint density at radius 3 is 2.96 bits per heavy atom. The number of hydrogen-bond donors (Lipinski definition) is 1. The number of alkyl halides is 1. The van der Waals surface area contributed by atoms with Crippen LogP contribution in [-0.2, 0) is 0 Å². The lowest BCUT2D eigenvalue weighted by molar-refractivity contribution is 0.170. The molecule has 2 aliphatic rings. The Hall–Kier alpha value is -1.80. The number of aryl methyl sites for hydroxylation is 1. The molecule has 1 fully saturated rings. The van der Waals surface area contributed by atoms with Crippen LogP contribution in [0.3, 0.4) is 0 Å². The number of rotatable bonds is 3. The number of pyridine rings is 1. The molecule has 0 aromatic carbocycles. The molecule has 0 unspecified atom stereocenters. The first-order valence-corrected chi connectivity index (χ1v) is 8.58. The highest BCUT2D eigenvalue weighted by Gasteiger charge is 2.21. The van der Waals surface area contributed by atoms with Gasteiger partial charge in [-0.2, -0.15) is 5.10 Å². The molecule has 0 amide bonds. The van der Waals surface area contributed by atoms with Gasteiger partial charge < -0.3 is 9.64 Å². The first kappa shape index (κ1) is 17.0. The van der Waals surface area contributed by atoms with Crippen molar-refractivity contribution in [1.29, 1.82) is 0 Å². The van der Waals surface area contributed by atoms with Crippen LogP contribution in [-0.4, -0.2) is 71.6 Å². The maximum atomic E-state index is 12.4. The van der Waals surface area contributed by atoms with E-state index in [9.17, 15) is 4.39 Å². The van der Waals surface area contributed by atoms with Crippen LogP contribution < -0.4 is 10.2 Å². The second-order valence-corrected chi connectivity index (χ2v) is 6.28. The van der Waals surface area contributed by atoms with Crippen LogP contribution in [0.2, 0.25) is 0 Å². The molecule has 2 aliphatic heterocycles. The number of nitrogens with one attached hydrogen (secondary N) is 1. The number of piperazine rings is 1. The molecule has 1 saturated heterocycles. The Morgan fingerprint density at radius 2 is 2.21 bits per heavy atom. The van der Waals surface area contributed by atoms with Crippen molar-refractivity contribution in [1.82, 2.24) is 20.2 Å². The Kier molecular flexibility index (Phi) is 5.57. The zero-order valence-corrected chi connectivity index (χ0v) is 14.6. The van der Waals surface area contributed by atoms with Crippen molar-refractivity contribution >= 4 is 23.0 Å². The minimum atomic E-state index is -0.301. The number of halogens is 1. The number of ether oxygens (including phenoxy) is 1. The van der Waals surface area contributed by atoms with Gasteiger partial charge in [-0.3, -0.25) is 15.3 Å². The quantitative estimate of drug-likeness (QED) is 0.655. The Bertz CT molecular complexity index is 631. The van der Waals surface area contributed by atoms with Gasteiger partial charge >= 0.3 is 0 Å². The Balaban J connectivity index is 1.61. The average Bonchev–Trinajstić information content (AvgIpc) is 2.61. The number of fused-ring (bicyclic) bond motifs is 1. The van der Waals surface area contributed by atoms with Crippen molar-refractivity contribution in [2.45, 2.75) is 13.3 Å². The van der Waals surface area contributed by atoms with Crippen molar-refractivity contribution in [3.8, 4) is 5.75 Å². The van der Waals surface area contributed by atoms with Crippen molar-refractivity contribution in [2.24, 2.45) is 5.10 Å². The molecule has 1 aromatic rings. The molecular formula is C16H22FN5OS. The van der Waals surface area contributed by atoms with E-state index in [-0.39, 0.29) is 6.67 Å². The third kappa shape index (κ3) is 3.81. The summed E-state index contributed by atoms with van der Waals surface area (Å²) in [4.78, 5) is 8.56. The van der Waals surface area contributed by atoms with Crippen LogP contribution in [0.5, 0.6) is 5.75 Å². The standard InChI is InChI=1S/C16H22FN5OS/c1-12-2-5-18-14-13(3-11-23-15(12)14)19-20-16(24)22-9-7-21(6-4-17)8-10-22/h2,5H,3-4,6-11H2,1H3,(H,20,24)/b19-13-. The summed E-state index contributed by atoms with van der Waals surface area (Å²) in [7, 11) is 0. The number of thiocarbonyl (C=S) groups is 1. The lowest BCUT2D eigenvalue weighted by atomic mass is 10.1. The van der Waals surface area contributed by atoms with Crippen LogP contribution in [0.1, 0.15) is 17.7 Å². The number of hydrazone groups is 1. The largest absolute Gasteiger partial charge is 0.491 e. The monoisotopic (exact) mass is 351 g/mol. The fraction of sp³-hybridized carbons (Fsp3) is 0.562. The summed E-state index contributed by atoms with van der Waals surface area (Å²) in [6, 6.07) is 1.93. The fourth-order valence-corrected chi connectivity index (χ4v) is 3.12. The first-order chi connectivity index (χ1) is 11.7. The van der Waals surface area contributed by atoms with Crippen molar-refractivity contribution in [2.75, 3.05) is 46.0 Å². The van der Waals surface area contributed by atoms with E-state index in [1.165, 1.54) is 0 Å². The maximum Gasteiger partial charge on any atom is 0.189 e. The second kappa shape index (κ2) is 7.85. The van der Waals surface area contributed by atoms with Gasteiger partial charge in [0.05, 0.1) is 12.3 Å². The zero-order chi connectivity index (χ0) is 16.9. The molecule has 0 saturated carbocycles. The van der Waals surface area contributed by atoms with Gasteiger partial charge in [0, 0.05) is 45.3 Å². The van der Waals surface area contributed by atoms with Crippen LogP contribution in [0.4, 0.5) is 4.39 Å². The molecule has 3 heterocycles. The van der Waals surface area contributed by atoms with E-state index >= 15 is 0 Å². The van der Waals surface area contributed by atoms with Gasteiger partial charge in [0.25, 0.3) is 0 Å². The van der Waals surface area contributed by atoms with Gasteiger partial charge in [-0.1, -0.05) is 0 Å². The minimum Gasteiger partial charge on any atom is -0.491 e. The highest BCUT2D eigenvalue weighted by Crippen LogP contribution is 2.26. The lowest BCUT2D eigenvalue weighted by Crippen LogP contribution is -2.51. The van der Waals surface area contributed by atoms with Crippen LogP contribution >= 0.6 is 12.2 Å². The van der Waals surface area contributed by atoms with Gasteiger partial charge in [-0.25, -0.2) is 4.39 Å². The molecule has 6 nitrogen and oxygen atoms in total. The normalized spacial score (nSPS) is 19.8. The second-order valence-electron chi connectivity index (χ2n) is 5.90. The third-order valence-corrected chi connectivity index (χ3v) is 4.66. The van der Waals surface area contributed by atoms with E-state index in [4.69, 9.17) is 17.0 Å². The maximum absolute atomic E-state index is 12.4. The van der Waals surface area contributed by atoms with Crippen molar-refractivity contribution in [3.05, 3.63) is 23.5 Å². The first-order valence-electron chi connectivity index (χ1n) is 8.17. The predicted molar refractivity (Wildman–Crippen MR) is 95.3 cm³/mol. The smallest absolute Gasteiger partial charge is 0.189 e. The van der Waals surface area contributed by atoms with E-state index in [1.807, 2.05) is 13.0 Å². The average molecular weight is 351 g/mol. The molecule has 1 N–H and O–H groups in total. The van der Waals surface area contributed by atoms with Crippen molar-refractivity contribution in [3.63, 3.8) is 0 Å². The minimum absolute atomic E-state index is 0.301.